The number of hydrogen-bond donors (Lipinski definition) is 2. The van der Waals surface area contributed by atoms with Gasteiger partial charge < -0.3 is 19.2 Å². The molecule has 0 radical (unpaired) electrons. The minimum atomic E-state index is -0.413. The van der Waals surface area contributed by atoms with Crippen molar-refractivity contribution in [3.63, 3.8) is 0 Å². The summed E-state index contributed by atoms with van der Waals surface area (Å²) in [4.78, 5) is 12.6. The predicted molar refractivity (Wildman–Crippen MR) is 104 cm³/mol. The first-order valence-electron chi connectivity index (χ1n) is 9.21. The Hall–Kier alpha value is -3.25. The van der Waals surface area contributed by atoms with Crippen LogP contribution in [0.4, 0.5) is 0 Å². The Bertz CT molecular complexity index is 925. The summed E-state index contributed by atoms with van der Waals surface area (Å²) >= 11 is 0. The molecular weight excluding hydrogens is 356 g/mol. The maximum Gasteiger partial charge on any atom is 0.237 e. The molecule has 4 rings (SSSR count). The molecule has 3 aromatic rings. The Labute approximate surface area is 163 Å². The molecule has 0 fully saturated rings. The van der Waals surface area contributed by atoms with Crippen LogP contribution >= 0.6 is 0 Å². The predicted octanol–water partition coefficient (Wildman–Crippen LogP) is 3.39. The maximum atomic E-state index is 12.6. The van der Waals surface area contributed by atoms with E-state index >= 15 is 0 Å². The van der Waals surface area contributed by atoms with Crippen molar-refractivity contribution < 1.29 is 18.7 Å². The van der Waals surface area contributed by atoms with Crippen molar-refractivity contribution >= 4 is 5.91 Å². The van der Waals surface area contributed by atoms with Gasteiger partial charge in [-0.15, -0.1) is 0 Å². The normalized spacial score (nSPS) is 14.5. The van der Waals surface area contributed by atoms with Crippen LogP contribution in [-0.2, 0) is 11.3 Å². The fraction of sp³-hybridized carbons (Fsp3) is 0.227. The van der Waals surface area contributed by atoms with Gasteiger partial charge >= 0.3 is 0 Å². The molecule has 6 heteroatoms. The topological polar surface area (TPSA) is 72.7 Å². The average Bonchev–Trinajstić information content (AvgIpc) is 3.42. The van der Waals surface area contributed by atoms with E-state index in [1.807, 2.05) is 67.6 Å². The van der Waals surface area contributed by atoms with Gasteiger partial charge in [0.05, 0.1) is 18.3 Å². The van der Waals surface area contributed by atoms with Crippen molar-refractivity contribution in [1.29, 1.82) is 0 Å². The summed E-state index contributed by atoms with van der Waals surface area (Å²) in [5.74, 6) is 2.11. The zero-order valence-corrected chi connectivity index (χ0v) is 15.6. The van der Waals surface area contributed by atoms with Crippen LogP contribution in [0.3, 0.4) is 0 Å². The van der Waals surface area contributed by atoms with E-state index in [1.54, 1.807) is 6.26 Å². The molecule has 6 nitrogen and oxygen atoms in total. The Morgan fingerprint density at radius 3 is 2.64 bits per heavy atom. The number of fused-ring (bicyclic) bond motifs is 1. The molecule has 0 unspecified atom stereocenters. The largest absolute Gasteiger partial charge is 0.467 e. The van der Waals surface area contributed by atoms with Crippen molar-refractivity contribution in [2.24, 2.45) is 0 Å². The summed E-state index contributed by atoms with van der Waals surface area (Å²) in [6.07, 6.45) is 1.64. The zero-order valence-electron chi connectivity index (χ0n) is 15.6. The monoisotopic (exact) mass is 378 g/mol. The summed E-state index contributed by atoms with van der Waals surface area (Å²) in [6, 6.07) is 18.7. The number of ether oxygens (including phenoxy) is 2. The summed E-state index contributed by atoms with van der Waals surface area (Å²) in [6.45, 7) is 2.49. The van der Waals surface area contributed by atoms with Gasteiger partial charge in [-0.3, -0.25) is 10.1 Å². The lowest BCUT2D eigenvalue weighted by Crippen LogP contribution is -2.43. The molecule has 0 saturated heterocycles. The highest BCUT2D eigenvalue weighted by atomic mass is 16.7. The molecule has 2 N–H and O–H groups in total. The second-order valence-electron chi connectivity index (χ2n) is 6.65. The quantitative estimate of drug-likeness (QED) is 0.659. The second kappa shape index (κ2) is 8.19. The molecule has 1 aliphatic heterocycles. The summed E-state index contributed by atoms with van der Waals surface area (Å²) in [7, 11) is 0. The standard InChI is InChI=1S/C22H22N2O4/c1-15(22(25)23-13-16-9-10-18-20(12-16)28-14-27-18)24-21(19-8-5-11-26-19)17-6-3-2-4-7-17/h2-12,15,21,24H,13-14H2,1H3,(H,23,25)/t15-,21+/m1/s1. The molecule has 0 aliphatic carbocycles. The lowest BCUT2D eigenvalue weighted by molar-refractivity contribution is -0.123. The summed E-state index contributed by atoms with van der Waals surface area (Å²) in [5, 5.41) is 6.33. The van der Waals surface area contributed by atoms with Crippen molar-refractivity contribution in [2.45, 2.75) is 25.6 Å². The number of benzene rings is 2. The van der Waals surface area contributed by atoms with Crippen LogP contribution in [0.2, 0.25) is 0 Å². The first-order chi connectivity index (χ1) is 13.7. The third-order valence-electron chi connectivity index (χ3n) is 4.67. The molecule has 1 aromatic heterocycles. The molecule has 0 bridgehead atoms. The van der Waals surface area contributed by atoms with Crippen LogP contribution in [-0.4, -0.2) is 18.7 Å². The zero-order chi connectivity index (χ0) is 19.3. The third-order valence-corrected chi connectivity index (χ3v) is 4.67. The molecule has 2 aromatic carbocycles. The molecule has 2 atom stereocenters. The lowest BCUT2D eigenvalue weighted by Gasteiger charge is -2.22. The molecule has 144 valence electrons. The van der Waals surface area contributed by atoms with Crippen LogP contribution < -0.4 is 20.1 Å². The van der Waals surface area contributed by atoms with Crippen LogP contribution in [0, 0.1) is 0 Å². The van der Waals surface area contributed by atoms with Gasteiger partial charge in [-0.05, 0) is 42.3 Å². The van der Waals surface area contributed by atoms with E-state index in [4.69, 9.17) is 13.9 Å². The van der Waals surface area contributed by atoms with E-state index in [-0.39, 0.29) is 18.7 Å². The number of amides is 1. The van der Waals surface area contributed by atoms with E-state index in [9.17, 15) is 4.79 Å². The van der Waals surface area contributed by atoms with Crippen molar-refractivity contribution in [3.8, 4) is 11.5 Å². The van der Waals surface area contributed by atoms with Crippen LogP contribution in [0.1, 0.15) is 29.9 Å². The first-order valence-corrected chi connectivity index (χ1v) is 9.21. The van der Waals surface area contributed by atoms with Gasteiger partial charge in [-0.25, -0.2) is 0 Å². The van der Waals surface area contributed by atoms with Crippen molar-refractivity contribution in [2.75, 3.05) is 6.79 Å². The smallest absolute Gasteiger partial charge is 0.237 e. The van der Waals surface area contributed by atoms with Gasteiger partial charge in [0.25, 0.3) is 0 Å². The van der Waals surface area contributed by atoms with Crippen LogP contribution in [0.25, 0.3) is 0 Å². The second-order valence-corrected chi connectivity index (χ2v) is 6.65. The number of nitrogens with one attached hydrogen (secondary N) is 2. The average molecular weight is 378 g/mol. The van der Waals surface area contributed by atoms with E-state index in [1.165, 1.54) is 0 Å². The molecule has 1 amide bonds. The molecule has 28 heavy (non-hydrogen) atoms. The van der Waals surface area contributed by atoms with Gasteiger partial charge in [-0.2, -0.15) is 0 Å². The minimum absolute atomic E-state index is 0.0924. The number of furan rings is 1. The highest BCUT2D eigenvalue weighted by Gasteiger charge is 2.22. The fourth-order valence-corrected chi connectivity index (χ4v) is 3.16. The van der Waals surface area contributed by atoms with E-state index in [0.29, 0.717) is 12.3 Å². The molecule has 2 heterocycles. The minimum Gasteiger partial charge on any atom is -0.467 e. The van der Waals surface area contributed by atoms with Gasteiger partial charge in [0.1, 0.15) is 5.76 Å². The van der Waals surface area contributed by atoms with Crippen LogP contribution in [0.15, 0.2) is 71.3 Å². The number of carbonyl (C=O) groups excluding carboxylic acids is 1. The highest BCUT2D eigenvalue weighted by Crippen LogP contribution is 2.32. The Morgan fingerprint density at radius 2 is 1.86 bits per heavy atom. The van der Waals surface area contributed by atoms with E-state index in [0.717, 1.165) is 22.6 Å². The number of rotatable bonds is 7. The number of carbonyl (C=O) groups is 1. The molecule has 0 saturated carbocycles. The Kier molecular flexibility index (Phi) is 5.30. The van der Waals surface area contributed by atoms with Crippen molar-refractivity contribution in [1.82, 2.24) is 10.6 Å². The number of hydrogen-bond acceptors (Lipinski definition) is 5. The van der Waals surface area contributed by atoms with Gasteiger partial charge in [0, 0.05) is 6.54 Å². The van der Waals surface area contributed by atoms with Gasteiger partial charge in [0.2, 0.25) is 12.7 Å². The van der Waals surface area contributed by atoms with Gasteiger partial charge in [-0.1, -0.05) is 36.4 Å². The highest BCUT2D eigenvalue weighted by molar-refractivity contribution is 5.81. The van der Waals surface area contributed by atoms with E-state index in [2.05, 4.69) is 10.6 Å². The van der Waals surface area contributed by atoms with Gasteiger partial charge in [0.15, 0.2) is 11.5 Å². The Balaban J connectivity index is 1.40. The van der Waals surface area contributed by atoms with E-state index < -0.39 is 6.04 Å². The molecule has 0 spiro atoms. The SMILES string of the molecule is C[C@@H](N[C@@H](c1ccccc1)c1ccco1)C(=O)NCc1ccc2c(c1)OCO2. The molecular formula is C22H22N2O4. The third kappa shape index (κ3) is 4.02. The van der Waals surface area contributed by atoms with Crippen LogP contribution in [0.5, 0.6) is 11.5 Å². The molecule has 1 aliphatic rings. The maximum absolute atomic E-state index is 12.6. The lowest BCUT2D eigenvalue weighted by atomic mass is 10.0. The summed E-state index contributed by atoms with van der Waals surface area (Å²) < 4.78 is 16.3. The van der Waals surface area contributed by atoms with Crippen molar-refractivity contribution in [3.05, 3.63) is 83.8 Å². The fourth-order valence-electron chi connectivity index (χ4n) is 3.16. The Morgan fingerprint density at radius 1 is 1.04 bits per heavy atom. The first kappa shape index (κ1) is 18.1. The summed E-state index contributed by atoms with van der Waals surface area (Å²) in [5.41, 5.74) is 1.99.